The molecule has 0 bridgehead atoms. The van der Waals surface area contributed by atoms with E-state index in [0.29, 0.717) is 12.4 Å². The number of nitrogens with one attached hydrogen (secondary N) is 2. The molecule has 25 heavy (non-hydrogen) atoms. The highest BCUT2D eigenvalue weighted by Crippen LogP contribution is 2.29. The fraction of sp³-hybridized carbons (Fsp3) is 0.400. The van der Waals surface area contributed by atoms with Crippen molar-refractivity contribution in [1.82, 2.24) is 15.6 Å². The Kier molecular flexibility index (Phi) is 6.26. The van der Waals surface area contributed by atoms with Crippen molar-refractivity contribution < 1.29 is 4.74 Å². The van der Waals surface area contributed by atoms with Crippen molar-refractivity contribution in [3.05, 3.63) is 59.8 Å². The average molecular weight is 338 g/mol. The van der Waals surface area contributed by atoms with Gasteiger partial charge in [0.2, 0.25) is 5.88 Å². The molecule has 0 radical (unpaired) electrons. The Hall–Kier alpha value is -2.56. The van der Waals surface area contributed by atoms with E-state index in [2.05, 4.69) is 44.9 Å². The lowest BCUT2D eigenvalue weighted by molar-refractivity contribution is 0.288. The first-order valence-electron chi connectivity index (χ1n) is 8.89. The van der Waals surface area contributed by atoms with E-state index in [9.17, 15) is 0 Å². The standard InChI is InChI=1S/C20H26N4O/c1-21-20(23-12-9-16-5-3-2-4-6-16)24-14-18-10-11-22-19(13-18)25-15-17-7-8-17/h2-6,10-11,13,17H,7-9,12,14-15H2,1H3,(H2,21,23,24). The van der Waals surface area contributed by atoms with Crippen LogP contribution in [0.2, 0.25) is 0 Å². The van der Waals surface area contributed by atoms with Crippen molar-refractivity contribution in [2.45, 2.75) is 25.8 Å². The Morgan fingerprint density at radius 3 is 2.76 bits per heavy atom. The van der Waals surface area contributed by atoms with Crippen LogP contribution >= 0.6 is 0 Å². The first-order valence-corrected chi connectivity index (χ1v) is 8.89. The molecule has 1 saturated carbocycles. The van der Waals surface area contributed by atoms with Gasteiger partial charge in [-0.3, -0.25) is 4.99 Å². The topological polar surface area (TPSA) is 58.5 Å². The van der Waals surface area contributed by atoms with Gasteiger partial charge in [0.15, 0.2) is 5.96 Å². The fourth-order valence-corrected chi connectivity index (χ4v) is 2.50. The van der Waals surface area contributed by atoms with E-state index in [0.717, 1.165) is 37.0 Å². The van der Waals surface area contributed by atoms with Crippen LogP contribution in [0.1, 0.15) is 24.0 Å². The molecule has 0 unspecified atom stereocenters. The van der Waals surface area contributed by atoms with Gasteiger partial charge < -0.3 is 15.4 Å². The molecule has 0 atom stereocenters. The molecule has 0 saturated heterocycles. The monoisotopic (exact) mass is 338 g/mol. The van der Waals surface area contributed by atoms with Gasteiger partial charge in [-0.25, -0.2) is 4.98 Å². The van der Waals surface area contributed by atoms with Crippen LogP contribution in [0.4, 0.5) is 0 Å². The summed E-state index contributed by atoms with van der Waals surface area (Å²) in [6, 6.07) is 14.4. The van der Waals surface area contributed by atoms with Gasteiger partial charge in [-0.15, -0.1) is 0 Å². The van der Waals surface area contributed by atoms with Gasteiger partial charge in [0.1, 0.15) is 0 Å². The highest BCUT2D eigenvalue weighted by Gasteiger charge is 2.22. The molecule has 1 aliphatic carbocycles. The summed E-state index contributed by atoms with van der Waals surface area (Å²) in [5, 5.41) is 6.68. The van der Waals surface area contributed by atoms with Crippen LogP contribution in [0.3, 0.4) is 0 Å². The maximum Gasteiger partial charge on any atom is 0.213 e. The van der Waals surface area contributed by atoms with Crippen LogP contribution < -0.4 is 15.4 Å². The third-order valence-corrected chi connectivity index (χ3v) is 4.20. The molecule has 0 aliphatic heterocycles. The van der Waals surface area contributed by atoms with Crippen LogP contribution in [0, 0.1) is 5.92 Å². The third-order valence-electron chi connectivity index (χ3n) is 4.20. The minimum absolute atomic E-state index is 0.688. The fourth-order valence-electron chi connectivity index (χ4n) is 2.50. The molecule has 1 aromatic carbocycles. The van der Waals surface area contributed by atoms with Gasteiger partial charge in [0.05, 0.1) is 6.61 Å². The molecule has 1 fully saturated rings. The number of nitrogens with zero attached hydrogens (tertiary/aromatic N) is 2. The molecule has 1 heterocycles. The van der Waals surface area contributed by atoms with Crippen molar-refractivity contribution in [2.75, 3.05) is 20.2 Å². The maximum atomic E-state index is 5.73. The zero-order valence-corrected chi connectivity index (χ0v) is 14.7. The van der Waals surface area contributed by atoms with Crippen molar-refractivity contribution >= 4 is 5.96 Å². The largest absolute Gasteiger partial charge is 0.477 e. The molecule has 1 aromatic heterocycles. The number of rotatable bonds is 8. The second-order valence-corrected chi connectivity index (χ2v) is 6.34. The Morgan fingerprint density at radius 1 is 1.16 bits per heavy atom. The van der Waals surface area contributed by atoms with Gasteiger partial charge in [0.25, 0.3) is 0 Å². The summed E-state index contributed by atoms with van der Waals surface area (Å²) < 4.78 is 5.73. The normalized spacial score (nSPS) is 14.2. The smallest absolute Gasteiger partial charge is 0.213 e. The molecule has 1 aliphatic rings. The number of pyridine rings is 1. The lowest BCUT2D eigenvalue weighted by Gasteiger charge is -2.12. The molecule has 2 N–H and O–H groups in total. The maximum absolute atomic E-state index is 5.73. The minimum Gasteiger partial charge on any atom is -0.477 e. The van der Waals surface area contributed by atoms with Gasteiger partial charge in [-0.05, 0) is 42.4 Å². The SMILES string of the molecule is CN=C(NCCc1ccccc1)NCc1ccnc(OCC2CC2)c1. The summed E-state index contributed by atoms with van der Waals surface area (Å²) in [6.07, 6.45) is 5.33. The van der Waals surface area contributed by atoms with Crippen LogP contribution in [0.15, 0.2) is 53.7 Å². The molecular formula is C20H26N4O. The highest BCUT2D eigenvalue weighted by molar-refractivity contribution is 5.79. The van der Waals surface area contributed by atoms with Crippen LogP contribution in [0.5, 0.6) is 5.88 Å². The van der Waals surface area contributed by atoms with Crippen LogP contribution in [-0.2, 0) is 13.0 Å². The van der Waals surface area contributed by atoms with Crippen LogP contribution in [-0.4, -0.2) is 31.1 Å². The summed E-state index contributed by atoms with van der Waals surface area (Å²) in [5.74, 6) is 2.24. The number of ether oxygens (including phenoxy) is 1. The first kappa shape index (κ1) is 17.3. The number of aromatic nitrogens is 1. The molecule has 0 spiro atoms. The Balaban J connectivity index is 1.41. The van der Waals surface area contributed by atoms with E-state index in [-0.39, 0.29) is 0 Å². The number of hydrogen-bond acceptors (Lipinski definition) is 3. The predicted molar refractivity (Wildman–Crippen MR) is 101 cm³/mol. The number of aliphatic imine (C=N–C) groups is 1. The van der Waals surface area contributed by atoms with Gasteiger partial charge in [-0.2, -0.15) is 0 Å². The summed E-state index contributed by atoms with van der Waals surface area (Å²) in [7, 11) is 1.79. The van der Waals surface area contributed by atoms with E-state index >= 15 is 0 Å². The second kappa shape index (κ2) is 9.06. The van der Waals surface area contributed by atoms with Gasteiger partial charge in [0, 0.05) is 32.4 Å². The van der Waals surface area contributed by atoms with Crippen LogP contribution in [0.25, 0.3) is 0 Å². The molecule has 5 nitrogen and oxygen atoms in total. The minimum atomic E-state index is 0.688. The average Bonchev–Trinajstić information content (AvgIpc) is 3.48. The lowest BCUT2D eigenvalue weighted by Crippen LogP contribution is -2.37. The Morgan fingerprint density at radius 2 is 2.00 bits per heavy atom. The number of hydrogen-bond donors (Lipinski definition) is 2. The van der Waals surface area contributed by atoms with Crippen molar-refractivity contribution in [3.8, 4) is 5.88 Å². The van der Waals surface area contributed by atoms with E-state index in [4.69, 9.17) is 4.74 Å². The molecule has 0 amide bonds. The highest BCUT2D eigenvalue weighted by atomic mass is 16.5. The number of guanidine groups is 1. The second-order valence-electron chi connectivity index (χ2n) is 6.34. The number of benzene rings is 1. The van der Waals surface area contributed by atoms with E-state index < -0.39 is 0 Å². The summed E-state index contributed by atoms with van der Waals surface area (Å²) in [5.41, 5.74) is 2.45. The summed E-state index contributed by atoms with van der Waals surface area (Å²) in [6.45, 7) is 2.32. The summed E-state index contributed by atoms with van der Waals surface area (Å²) in [4.78, 5) is 8.55. The first-order chi connectivity index (χ1) is 12.3. The predicted octanol–water partition coefficient (Wildman–Crippen LogP) is 2.78. The molecule has 5 heteroatoms. The van der Waals surface area contributed by atoms with E-state index in [1.54, 1.807) is 13.2 Å². The van der Waals surface area contributed by atoms with Crippen molar-refractivity contribution in [1.29, 1.82) is 0 Å². The van der Waals surface area contributed by atoms with E-state index in [1.165, 1.54) is 18.4 Å². The van der Waals surface area contributed by atoms with Crippen molar-refractivity contribution in [2.24, 2.45) is 10.9 Å². The third kappa shape index (κ3) is 6.10. The Bertz CT molecular complexity index is 683. The molecule has 3 rings (SSSR count). The Labute approximate surface area is 149 Å². The van der Waals surface area contributed by atoms with E-state index in [1.807, 2.05) is 18.2 Å². The van der Waals surface area contributed by atoms with Gasteiger partial charge >= 0.3 is 0 Å². The molecular weight excluding hydrogens is 312 g/mol. The quantitative estimate of drug-likeness (QED) is 0.574. The summed E-state index contributed by atoms with van der Waals surface area (Å²) >= 11 is 0. The van der Waals surface area contributed by atoms with Crippen molar-refractivity contribution in [3.63, 3.8) is 0 Å². The zero-order chi connectivity index (χ0) is 17.3. The molecule has 2 aromatic rings. The van der Waals surface area contributed by atoms with Gasteiger partial charge in [-0.1, -0.05) is 30.3 Å². The lowest BCUT2D eigenvalue weighted by atomic mass is 10.1. The zero-order valence-electron chi connectivity index (χ0n) is 14.7. The molecule has 132 valence electrons.